The van der Waals surface area contributed by atoms with E-state index in [2.05, 4.69) is 30.1 Å². The van der Waals surface area contributed by atoms with Gasteiger partial charge in [-0.3, -0.25) is 9.69 Å². The maximum absolute atomic E-state index is 12.3. The predicted octanol–water partition coefficient (Wildman–Crippen LogP) is 1.19. The number of rotatable bonds is 3. The molecule has 0 bridgehead atoms. The quantitative estimate of drug-likeness (QED) is 0.818. The summed E-state index contributed by atoms with van der Waals surface area (Å²) in [6.07, 6.45) is 5.56. The molecule has 2 atom stereocenters. The SMILES string of the molecule is CC1CN(CC(=O)N(C)C2=CCCC2)C(C)CN1. The zero-order valence-corrected chi connectivity index (χ0v) is 11.8. The van der Waals surface area contributed by atoms with Crippen LogP contribution >= 0.6 is 0 Å². The largest absolute Gasteiger partial charge is 0.318 e. The summed E-state index contributed by atoms with van der Waals surface area (Å²) in [5.74, 6) is 0.226. The van der Waals surface area contributed by atoms with E-state index in [0.29, 0.717) is 18.6 Å². The fourth-order valence-corrected chi connectivity index (χ4v) is 2.72. The number of hydrogen-bond donors (Lipinski definition) is 1. The average molecular weight is 251 g/mol. The zero-order chi connectivity index (χ0) is 13.1. The van der Waals surface area contributed by atoms with E-state index in [4.69, 9.17) is 0 Å². The van der Waals surface area contributed by atoms with Gasteiger partial charge in [-0.1, -0.05) is 6.08 Å². The van der Waals surface area contributed by atoms with Gasteiger partial charge in [0.25, 0.3) is 0 Å². The molecule has 0 aromatic carbocycles. The summed E-state index contributed by atoms with van der Waals surface area (Å²) < 4.78 is 0. The molecule has 1 saturated heterocycles. The van der Waals surface area contributed by atoms with Crippen LogP contribution in [0, 0.1) is 0 Å². The molecule has 2 aliphatic rings. The molecule has 102 valence electrons. The van der Waals surface area contributed by atoms with Gasteiger partial charge in [0, 0.05) is 37.9 Å². The van der Waals surface area contributed by atoms with Crippen molar-refractivity contribution in [3.63, 3.8) is 0 Å². The van der Waals surface area contributed by atoms with E-state index in [-0.39, 0.29) is 5.91 Å². The summed E-state index contributed by atoms with van der Waals surface area (Å²) in [5, 5.41) is 3.44. The zero-order valence-electron chi connectivity index (χ0n) is 11.8. The Labute approximate surface area is 110 Å². The van der Waals surface area contributed by atoms with Crippen LogP contribution in [0.1, 0.15) is 33.1 Å². The van der Waals surface area contributed by atoms with E-state index in [1.165, 1.54) is 12.1 Å². The lowest BCUT2D eigenvalue weighted by Crippen LogP contribution is -2.56. The van der Waals surface area contributed by atoms with Crippen molar-refractivity contribution in [2.75, 3.05) is 26.7 Å². The number of nitrogens with zero attached hydrogens (tertiary/aromatic N) is 2. The Bertz CT molecular complexity index is 340. The van der Waals surface area contributed by atoms with Gasteiger partial charge in [0.15, 0.2) is 0 Å². The highest BCUT2D eigenvalue weighted by atomic mass is 16.2. The number of hydrogen-bond acceptors (Lipinski definition) is 3. The van der Waals surface area contributed by atoms with Gasteiger partial charge in [-0.2, -0.15) is 0 Å². The van der Waals surface area contributed by atoms with Gasteiger partial charge in [0.2, 0.25) is 5.91 Å². The molecule has 4 heteroatoms. The second-order valence-corrected chi connectivity index (χ2v) is 5.63. The van der Waals surface area contributed by atoms with Crippen molar-refractivity contribution in [3.8, 4) is 0 Å². The summed E-state index contributed by atoms with van der Waals surface area (Å²) in [4.78, 5) is 16.4. The minimum absolute atomic E-state index is 0.226. The van der Waals surface area contributed by atoms with Gasteiger partial charge < -0.3 is 10.2 Å². The Morgan fingerprint density at radius 3 is 3.00 bits per heavy atom. The molecule has 0 aromatic heterocycles. The van der Waals surface area contributed by atoms with Gasteiger partial charge >= 0.3 is 0 Å². The third-order valence-corrected chi connectivity index (χ3v) is 4.05. The average Bonchev–Trinajstić information content (AvgIpc) is 2.86. The highest BCUT2D eigenvalue weighted by Gasteiger charge is 2.26. The van der Waals surface area contributed by atoms with E-state index in [9.17, 15) is 4.79 Å². The number of likely N-dealkylation sites (N-methyl/N-ethyl adjacent to an activating group) is 1. The number of allylic oxidation sites excluding steroid dienone is 2. The van der Waals surface area contributed by atoms with Crippen molar-refractivity contribution in [1.29, 1.82) is 0 Å². The molecule has 1 N–H and O–H groups in total. The van der Waals surface area contributed by atoms with E-state index < -0.39 is 0 Å². The van der Waals surface area contributed by atoms with Crippen molar-refractivity contribution in [1.82, 2.24) is 15.1 Å². The van der Waals surface area contributed by atoms with E-state index >= 15 is 0 Å². The number of nitrogens with one attached hydrogen (secondary N) is 1. The third-order valence-electron chi connectivity index (χ3n) is 4.05. The molecule has 2 rings (SSSR count). The van der Waals surface area contributed by atoms with Gasteiger partial charge in [-0.05, 0) is 33.1 Å². The Morgan fingerprint density at radius 2 is 2.33 bits per heavy atom. The standard InChI is InChI=1S/C14H25N3O/c1-11-9-17(12(2)8-15-11)10-14(18)16(3)13-6-4-5-7-13/h6,11-12,15H,4-5,7-10H2,1-3H3. The summed E-state index contributed by atoms with van der Waals surface area (Å²) >= 11 is 0. The molecule has 1 aliphatic carbocycles. The molecular formula is C14H25N3O. The van der Waals surface area contributed by atoms with Crippen LogP contribution in [0.15, 0.2) is 11.8 Å². The summed E-state index contributed by atoms with van der Waals surface area (Å²) in [5.41, 5.74) is 1.20. The van der Waals surface area contributed by atoms with Crippen LogP contribution < -0.4 is 5.32 Å². The number of piperazine rings is 1. The molecule has 1 aliphatic heterocycles. The van der Waals surface area contributed by atoms with Crippen molar-refractivity contribution in [2.24, 2.45) is 0 Å². The van der Waals surface area contributed by atoms with Crippen molar-refractivity contribution in [2.45, 2.75) is 45.2 Å². The maximum atomic E-state index is 12.3. The lowest BCUT2D eigenvalue weighted by Gasteiger charge is -2.37. The molecule has 18 heavy (non-hydrogen) atoms. The molecule has 1 heterocycles. The molecule has 1 fully saturated rings. The first-order valence-electron chi connectivity index (χ1n) is 7.01. The fourth-order valence-electron chi connectivity index (χ4n) is 2.72. The molecule has 0 saturated carbocycles. The first-order valence-corrected chi connectivity index (χ1v) is 7.01. The highest BCUT2D eigenvalue weighted by molar-refractivity contribution is 5.79. The lowest BCUT2D eigenvalue weighted by molar-refractivity contribution is -0.130. The van der Waals surface area contributed by atoms with Gasteiger partial charge in [0.05, 0.1) is 6.54 Å². The molecule has 0 aromatic rings. The van der Waals surface area contributed by atoms with Gasteiger partial charge in [0.1, 0.15) is 0 Å². The van der Waals surface area contributed by atoms with Crippen molar-refractivity contribution < 1.29 is 4.79 Å². The van der Waals surface area contributed by atoms with Crippen LogP contribution in [0.3, 0.4) is 0 Å². The smallest absolute Gasteiger partial charge is 0.240 e. The molecule has 4 nitrogen and oxygen atoms in total. The topological polar surface area (TPSA) is 35.6 Å². The van der Waals surface area contributed by atoms with Gasteiger partial charge in [-0.25, -0.2) is 0 Å². The van der Waals surface area contributed by atoms with Crippen molar-refractivity contribution >= 4 is 5.91 Å². The van der Waals surface area contributed by atoms with Crippen LogP contribution in [0.4, 0.5) is 0 Å². The predicted molar refractivity (Wildman–Crippen MR) is 73.2 cm³/mol. The summed E-state index contributed by atoms with van der Waals surface area (Å²) in [7, 11) is 1.91. The number of amides is 1. The first-order chi connectivity index (χ1) is 8.58. The summed E-state index contributed by atoms with van der Waals surface area (Å²) in [6.45, 7) is 6.83. The molecular weight excluding hydrogens is 226 g/mol. The van der Waals surface area contributed by atoms with Crippen LogP contribution in [0.25, 0.3) is 0 Å². The number of carbonyl (C=O) groups is 1. The van der Waals surface area contributed by atoms with E-state index in [0.717, 1.165) is 25.9 Å². The van der Waals surface area contributed by atoms with Crippen LogP contribution in [0.5, 0.6) is 0 Å². The number of carbonyl (C=O) groups excluding carboxylic acids is 1. The maximum Gasteiger partial charge on any atom is 0.240 e. The van der Waals surface area contributed by atoms with E-state index in [1.54, 1.807) is 0 Å². The minimum atomic E-state index is 0.226. The van der Waals surface area contributed by atoms with E-state index in [1.807, 2.05) is 11.9 Å². The monoisotopic (exact) mass is 251 g/mol. The van der Waals surface area contributed by atoms with Crippen LogP contribution in [-0.2, 0) is 4.79 Å². The first kappa shape index (κ1) is 13.6. The summed E-state index contributed by atoms with van der Waals surface area (Å²) in [6, 6.07) is 0.918. The second kappa shape index (κ2) is 5.85. The lowest BCUT2D eigenvalue weighted by atomic mass is 10.1. The van der Waals surface area contributed by atoms with Crippen LogP contribution in [0.2, 0.25) is 0 Å². The Morgan fingerprint density at radius 1 is 1.56 bits per heavy atom. The van der Waals surface area contributed by atoms with Gasteiger partial charge in [-0.15, -0.1) is 0 Å². The minimum Gasteiger partial charge on any atom is -0.318 e. The molecule has 1 amide bonds. The normalized spacial score (nSPS) is 29.2. The molecule has 0 radical (unpaired) electrons. The highest BCUT2D eigenvalue weighted by Crippen LogP contribution is 2.20. The molecule has 0 spiro atoms. The Hall–Kier alpha value is -0.870. The molecule has 2 unspecified atom stereocenters. The Kier molecular flexibility index (Phi) is 4.40. The third kappa shape index (κ3) is 3.12. The van der Waals surface area contributed by atoms with Crippen LogP contribution in [-0.4, -0.2) is 54.5 Å². The fraction of sp³-hybridized carbons (Fsp3) is 0.786. The Balaban J connectivity index is 1.89. The second-order valence-electron chi connectivity index (χ2n) is 5.63. The van der Waals surface area contributed by atoms with Crippen molar-refractivity contribution in [3.05, 3.63) is 11.8 Å².